The largest absolute Gasteiger partial charge is 0.384 e. The minimum Gasteiger partial charge on any atom is -0.384 e. The number of benzene rings is 1. The van der Waals surface area contributed by atoms with Crippen molar-refractivity contribution < 1.29 is 0 Å². The molecule has 1 aromatic carbocycles. The van der Waals surface area contributed by atoms with E-state index in [1.807, 2.05) is 12.1 Å². The van der Waals surface area contributed by atoms with Gasteiger partial charge in [-0.1, -0.05) is 23.2 Å². The van der Waals surface area contributed by atoms with Crippen LogP contribution in [0.25, 0.3) is 0 Å². The normalized spacial score (nSPS) is 28.1. The van der Waals surface area contributed by atoms with Crippen LogP contribution in [0.15, 0.2) is 12.1 Å². The molecule has 1 fully saturated rings. The average molecular weight is 243 g/mol. The van der Waals surface area contributed by atoms with Crippen LogP contribution in [0.3, 0.4) is 0 Å². The van der Waals surface area contributed by atoms with E-state index in [0.29, 0.717) is 10.0 Å². The molecule has 2 aliphatic heterocycles. The third-order valence-electron chi connectivity index (χ3n) is 3.49. The number of halogens is 2. The van der Waals surface area contributed by atoms with Crippen LogP contribution in [-0.4, -0.2) is 19.6 Å². The topological polar surface area (TPSA) is 24.1 Å². The number of hydrogen-bond donors (Lipinski definition) is 2. The van der Waals surface area contributed by atoms with Crippen LogP contribution in [0.5, 0.6) is 0 Å². The molecule has 3 rings (SSSR count). The lowest BCUT2D eigenvalue weighted by Gasteiger charge is -2.21. The van der Waals surface area contributed by atoms with Crippen LogP contribution in [-0.2, 0) is 5.41 Å². The molecular formula is C11H12Cl2N2. The molecule has 0 saturated carbocycles. The zero-order chi connectivity index (χ0) is 10.5. The van der Waals surface area contributed by atoms with Gasteiger partial charge in [0.15, 0.2) is 0 Å². The third-order valence-corrected chi connectivity index (χ3v) is 4.21. The Labute approximate surface area is 99.0 Å². The van der Waals surface area contributed by atoms with Crippen LogP contribution in [0.2, 0.25) is 10.0 Å². The molecule has 0 bridgehead atoms. The van der Waals surface area contributed by atoms with E-state index in [0.717, 1.165) is 25.3 Å². The molecule has 2 nitrogen and oxygen atoms in total. The van der Waals surface area contributed by atoms with Gasteiger partial charge in [-0.2, -0.15) is 0 Å². The predicted octanol–water partition coefficient (Wildman–Crippen LogP) is 2.65. The van der Waals surface area contributed by atoms with Gasteiger partial charge >= 0.3 is 0 Å². The highest BCUT2D eigenvalue weighted by molar-refractivity contribution is 6.42. The Balaban J connectivity index is 2.13. The maximum atomic E-state index is 6.07. The molecule has 4 heteroatoms. The van der Waals surface area contributed by atoms with E-state index in [4.69, 9.17) is 23.2 Å². The first-order chi connectivity index (χ1) is 7.21. The molecule has 15 heavy (non-hydrogen) atoms. The smallest absolute Gasteiger partial charge is 0.0613 e. The van der Waals surface area contributed by atoms with Gasteiger partial charge in [-0.05, 0) is 30.7 Å². The maximum Gasteiger partial charge on any atom is 0.0613 e. The Morgan fingerprint density at radius 2 is 1.93 bits per heavy atom. The first-order valence-corrected chi connectivity index (χ1v) is 5.91. The van der Waals surface area contributed by atoms with Crippen LogP contribution >= 0.6 is 23.2 Å². The van der Waals surface area contributed by atoms with Crippen LogP contribution in [0, 0.1) is 0 Å². The fourth-order valence-corrected chi connectivity index (χ4v) is 2.94. The highest BCUT2D eigenvalue weighted by Gasteiger charge is 2.41. The van der Waals surface area contributed by atoms with Crippen molar-refractivity contribution in [2.24, 2.45) is 0 Å². The van der Waals surface area contributed by atoms with Crippen molar-refractivity contribution in [3.63, 3.8) is 0 Å². The molecule has 0 aliphatic carbocycles. The van der Waals surface area contributed by atoms with E-state index < -0.39 is 0 Å². The fraction of sp³-hybridized carbons (Fsp3) is 0.455. The number of anilines is 1. The van der Waals surface area contributed by atoms with Gasteiger partial charge in [-0.3, -0.25) is 0 Å². The lowest BCUT2D eigenvalue weighted by Crippen LogP contribution is -2.30. The fourth-order valence-electron chi connectivity index (χ4n) is 2.62. The first-order valence-electron chi connectivity index (χ1n) is 5.15. The summed E-state index contributed by atoms with van der Waals surface area (Å²) in [6.45, 7) is 3.11. The SMILES string of the molecule is Clc1cc2c(cc1Cl)C1(CCNC1)CN2. The summed E-state index contributed by atoms with van der Waals surface area (Å²) >= 11 is 12.1. The second-order valence-electron chi connectivity index (χ2n) is 4.37. The second-order valence-corrected chi connectivity index (χ2v) is 5.19. The minimum atomic E-state index is 0.240. The van der Waals surface area contributed by atoms with Crippen molar-refractivity contribution in [2.45, 2.75) is 11.8 Å². The monoisotopic (exact) mass is 242 g/mol. The second kappa shape index (κ2) is 3.27. The third kappa shape index (κ3) is 1.36. The van der Waals surface area contributed by atoms with Crippen LogP contribution in [0.4, 0.5) is 5.69 Å². The summed E-state index contributed by atoms with van der Waals surface area (Å²) in [6.07, 6.45) is 1.17. The van der Waals surface area contributed by atoms with Gasteiger partial charge in [0, 0.05) is 24.2 Å². The molecule has 2 N–H and O–H groups in total. The van der Waals surface area contributed by atoms with Crippen molar-refractivity contribution in [3.8, 4) is 0 Å². The summed E-state index contributed by atoms with van der Waals surface area (Å²) in [5.74, 6) is 0. The molecule has 1 unspecified atom stereocenters. The Hall–Kier alpha value is -0.440. The Bertz CT molecular complexity index is 411. The minimum absolute atomic E-state index is 0.240. The molecule has 1 spiro atoms. The molecule has 1 aromatic rings. The summed E-state index contributed by atoms with van der Waals surface area (Å²) in [5.41, 5.74) is 2.71. The van der Waals surface area contributed by atoms with E-state index >= 15 is 0 Å². The van der Waals surface area contributed by atoms with Crippen LogP contribution in [0.1, 0.15) is 12.0 Å². The summed E-state index contributed by atoms with van der Waals surface area (Å²) in [5, 5.41) is 8.12. The highest BCUT2D eigenvalue weighted by Crippen LogP contribution is 2.43. The van der Waals surface area contributed by atoms with Crippen molar-refractivity contribution in [3.05, 3.63) is 27.7 Å². The summed E-state index contributed by atoms with van der Waals surface area (Å²) in [7, 11) is 0. The molecule has 80 valence electrons. The number of rotatable bonds is 0. The van der Waals surface area contributed by atoms with Crippen molar-refractivity contribution in [1.29, 1.82) is 0 Å². The number of fused-ring (bicyclic) bond motifs is 2. The van der Waals surface area contributed by atoms with E-state index in [-0.39, 0.29) is 5.41 Å². The lowest BCUT2D eigenvalue weighted by molar-refractivity contribution is 0.522. The van der Waals surface area contributed by atoms with Crippen molar-refractivity contribution in [1.82, 2.24) is 5.32 Å². The van der Waals surface area contributed by atoms with Crippen molar-refractivity contribution in [2.75, 3.05) is 25.0 Å². The van der Waals surface area contributed by atoms with Gasteiger partial charge in [-0.25, -0.2) is 0 Å². The quantitative estimate of drug-likeness (QED) is 0.732. The van der Waals surface area contributed by atoms with E-state index in [1.54, 1.807) is 0 Å². The van der Waals surface area contributed by atoms with Crippen molar-refractivity contribution >= 4 is 28.9 Å². The lowest BCUT2D eigenvalue weighted by atomic mass is 9.82. The van der Waals surface area contributed by atoms with E-state index in [2.05, 4.69) is 10.6 Å². The van der Waals surface area contributed by atoms with Gasteiger partial charge in [0.1, 0.15) is 0 Å². The molecule has 1 saturated heterocycles. The maximum absolute atomic E-state index is 6.07. The zero-order valence-corrected chi connectivity index (χ0v) is 9.75. The summed E-state index contributed by atoms with van der Waals surface area (Å²) in [4.78, 5) is 0. The van der Waals surface area contributed by atoms with Gasteiger partial charge < -0.3 is 10.6 Å². The molecule has 2 heterocycles. The molecular weight excluding hydrogens is 231 g/mol. The van der Waals surface area contributed by atoms with Gasteiger partial charge in [0.05, 0.1) is 10.0 Å². The van der Waals surface area contributed by atoms with E-state index in [9.17, 15) is 0 Å². The van der Waals surface area contributed by atoms with Gasteiger partial charge in [-0.15, -0.1) is 0 Å². The zero-order valence-electron chi connectivity index (χ0n) is 8.24. The van der Waals surface area contributed by atoms with E-state index in [1.165, 1.54) is 12.0 Å². The Morgan fingerprint density at radius 1 is 1.13 bits per heavy atom. The Kier molecular flexibility index (Phi) is 2.13. The summed E-state index contributed by atoms with van der Waals surface area (Å²) < 4.78 is 0. The molecule has 1 atom stereocenters. The molecule has 0 radical (unpaired) electrons. The number of hydrogen-bond acceptors (Lipinski definition) is 2. The van der Waals surface area contributed by atoms with Gasteiger partial charge in [0.25, 0.3) is 0 Å². The highest BCUT2D eigenvalue weighted by atomic mass is 35.5. The number of nitrogens with one attached hydrogen (secondary N) is 2. The average Bonchev–Trinajstić information content (AvgIpc) is 2.80. The Morgan fingerprint density at radius 3 is 2.67 bits per heavy atom. The molecule has 2 aliphatic rings. The van der Waals surface area contributed by atoms with Crippen LogP contribution < -0.4 is 10.6 Å². The first kappa shape index (κ1) is 9.76. The summed E-state index contributed by atoms with van der Waals surface area (Å²) in [6, 6.07) is 3.96. The molecule has 0 aromatic heterocycles. The standard InChI is InChI=1S/C11H12Cl2N2/c12-8-3-7-10(4-9(8)13)15-6-11(7)1-2-14-5-11/h3-4,14-15H,1-2,5-6H2. The predicted molar refractivity (Wildman–Crippen MR) is 64.1 cm³/mol. The van der Waals surface area contributed by atoms with Gasteiger partial charge in [0.2, 0.25) is 0 Å². The molecule has 0 amide bonds.